The van der Waals surface area contributed by atoms with E-state index < -0.39 is 17.8 Å². The second-order valence-corrected chi connectivity index (χ2v) is 6.77. The van der Waals surface area contributed by atoms with Crippen LogP contribution < -0.4 is 11.1 Å². The van der Waals surface area contributed by atoms with Crippen LogP contribution in [0.25, 0.3) is 11.3 Å². The highest BCUT2D eigenvalue weighted by Gasteiger charge is 2.28. The van der Waals surface area contributed by atoms with Crippen LogP contribution in [0.4, 0.5) is 14.5 Å². The van der Waals surface area contributed by atoms with Crippen molar-refractivity contribution < 1.29 is 13.6 Å². The smallest absolute Gasteiger partial charge is 0.271 e. The molecule has 146 valence electrons. The molecule has 1 unspecified atom stereocenters. The molecule has 5 nitrogen and oxygen atoms in total. The Hall–Kier alpha value is -3.74. The van der Waals surface area contributed by atoms with E-state index in [1.54, 1.807) is 49.4 Å². The molecule has 2 heterocycles. The molecule has 4 rings (SSSR count). The summed E-state index contributed by atoms with van der Waals surface area (Å²) >= 11 is 0. The zero-order valence-electron chi connectivity index (χ0n) is 15.6. The topological polar surface area (TPSA) is 70.7 Å². The molecule has 29 heavy (non-hydrogen) atoms. The molecular weight excluding hydrogens is 374 g/mol. The number of amides is 1. The second kappa shape index (κ2) is 7.35. The highest BCUT2D eigenvalue weighted by molar-refractivity contribution is 6.01. The molecule has 2 aromatic rings. The molecule has 0 aromatic heterocycles. The molecule has 0 saturated heterocycles. The first kappa shape index (κ1) is 18.6. The van der Waals surface area contributed by atoms with Crippen molar-refractivity contribution in [1.29, 1.82) is 0 Å². The molecule has 0 bridgehead atoms. The van der Waals surface area contributed by atoms with Crippen LogP contribution in [0.3, 0.4) is 0 Å². The normalized spacial score (nSPS) is 23.4. The number of rotatable bonds is 2. The molecule has 0 radical (unpaired) electrons. The van der Waals surface area contributed by atoms with Crippen molar-refractivity contribution >= 4 is 28.6 Å². The molecule has 1 atom stereocenters. The Morgan fingerprint density at radius 2 is 1.86 bits per heavy atom. The number of benzene rings is 2. The van der Waals surface area contributed by atoms with Crippen LogP contribution in [-0.2, 0) is 4.79 Å². The number of hydrogen-bond donors (Lipinski definition) is 2. The first-order chi connectivity index (χ1) is 13.9. The summed E-state index contributed by atoms with van der Waals surface area (Å²) in [5, 5.41) is 8.88. The lowest BCUT2D eigenvalue weighted by molar-refractivity contribution is -0.128. The Bertz CT molecular complexity index is 1100. The van der Waals surface area contributed by atoms with Gasteiger partial charge >= 0.3 is 0 Å². The van der Waals surface area contributed by atoms with Gasteiger partial charge < -0.3 is 11.1 Å². The van der Waals surface area contributed by atoms with Crippen LogP contribution >= 0.6 is 0 Å². The van der Waals surface area contributed by atoms with Gasteiger partial charge in [-0.05, 0) is 54.5 Å². The summed E-state index contributed by atoms with van der Waals surface area (Å²) < 4.78 is 27.7. The predicted octanol–water partition coefficient (Wildman–Crippen LogP) is 3.68. The third-order valence-corrected chi connectivity index (χ3v) is 4.63. The van der Waals surface area contributed by atoms with Crippen LogP contribution in [0.15, 0.2) is 71.9 Å². The highest BCUT2D eigenvalue weighted by atomic mass is 19.1. The van der Waals surface area contributed by atoms with Gasteiger partial charge in [0.15, 0.2) is 0 Å². The highest BCUT2D eigenvalue weighted by Crippen LogP contribution is 2.26. The minimum Gasteiger partial charge on any atom is -0.399 e. The minimum atomic E-state index is -0.681. The summed E-state index contributed by atoms with van der Waals surface area (Å²) in [6.45, 7) is 1.74. The van der Waals surface area contributed by atoms with Crippen LogP contribution in [0, 0.1) is 11.6 Å². The van der Waals surface area contributed by atoms with E-state index in [0.29, 0.717) is 22.7 Å². The van der Waals surface area contributed by atoms with Crippen molar-refractivity contribution in [2.45, 2.75) is 13.1 Å². The quantitative estimate of drug-likeness (QED) is 0.766. The molecule has 2 aliphatic rings. The second-order valence-electron chi connectivity index (χ2n) is 6.77. The lowest BCUT2D eigenvalue weighted by Gasteiger charge is -2.32. The number of nitrogens with two attached hydrogens (primary N) is 1. The Morgan fingerprint density at radius 3 is 2.59 bits per heavy atom. The Labute approximate surface area is 166 Å². The average molecular weight is 392 g/mol. The van der Waals surface area contributed by atoms with Gasteiger partial charge in [-0.3, -0.25) is 4.79 Å². The average Bonchev–Trinajstić information content (AvgIpc) is 2.67. The number of halogens is 2. The molecule has 0 spiro atoms. The van der Waals surface area contributed by atoms with Crippen molar-refractivity contribution in [2.75, 3.05) is 5.73 Å². The lowest BCUT2D eigenvalue weighted by atomic mass is 10.0. The van der Waals surface area contributed by atoms with E-state index in [2.05, 4.69) is 10.4 Å². The van der Waals surface area contributed by atoms with Gasteiger partial charge in [0.1, 0.15) is 17.8 Å². The zero-order chi connectivity index (χ0) is 20.5. The van der Waals surface area contributed by atoms with Gasteiger partial charge in [-0.25, -0.2) is 13.8 Å². The Morgan fingerprint density at radius 1 is 1.10 bits per heavy atom. The summed E-state index contributed by atoms with van der Waals surface area (Å²) in [7, 11) is 0. The van der Waals surface area contributed by atoms with Crippen LogP contribution in [0.1, 0.15) is 18.1 Å². The molecule has 2 aliphatic heterocycles. The van der Waals surface area contributed by atoms with Gasteiger partial charge in [0.25, 0.3) is 5.91 Å². The molecular formula is C22H18F2N4O. The largest absolute Gasteiger partial charge is 0.399 e. The van der Waals surface area contributed by atoms with E-state index in [4.69, 9.17) is 5.73 Å². The summed E-state index contributed by atoms with van der Waals surface area (Å²) in [6, 6.07) is 10.5. The SMILES string of the molecule is CC1=N/N2C(=O)C=C(c3ccc(N)cc3)NC2/C=C(c2ccc(F)cc2F)/C=C\1. The zero-order valence-corrected chi connectivity index (χ0v) is 15.6. The minimum absolute atomic E-state index is 0.232. The van der Waals surface area contributed by atoms with Crippen molar-refractivity contribution in [3.63, 3.8) is 0 Å². The van der Waals surface area contributed by atoms with Gasteiger partial charge in [-0.2, -0.15) is 5.10 Å². The summed E-state index contributed by atoms with van der Waals surface area (Å²) in [5.74, 6) is -1.65. The van der Waals surface area contributed by atoms with Crippen LogP contribution in [0.2, 0.25) is 0 Å². The number of hydrazone groups is 1. The van der Waals surface area contributed by atoms with Gasteiger partial charge in [0, 0.05) is 29.1 Å². The van der Waals surface area contributed by atoms with Crippen LogP contribution in [0.5, 0.6) is 0 Å². The first-order valence-corrected chi connectivity index (χ1v) is 8.98. The van der Waals surface area contributed by atoms with E-state index in [-0.39, 0.29) is 11.5 Å². The predicted molar refractivity (Wildman–Crippen MR) is 109 cm³/mol. The lowest BCUT2D eigenvalue weighted by Crippen LogP contribution is -2.47. The van der Waals surface area contributed by atoms with E-state index in [1.807, 2.05) is 0 Å². The third-order valence-electron chi connectivity index (χ3n) is 4.63. The number of anilines is 1. The van der Waals surface area contributed by atoms with Crippen molar-refractivity contribution in [1.82, 2.24) is 10.3 Å². The van der Waals surface area contributed by atoms with Gasteiger partial charge in [0.05, 0.1) is 5.71 Å². The van der Waals surface area contributed by atoms with Crippen molar-refractivity contribution in [3.05, 3.63) is 89.5 Å². The van der Waals surface area contributed by atoms with Crippen molar-refractivity contribution in [3.8, 4) is 0 Å². The molecule has 0 aliphatic carbocycles. The number of nitrogens with one attached hydrogen (secondary N) is 1. The molecule has 3 N–H and O–H groups in total. The summed E-state index contributed by atoms with van der Waals surface area (Å²) in [6.07, 6.45) is 5.86. The number of carbonyl (C=O) groups excluding carboxylic acids is 1. The van der Waals surface area contributed by atoms with Gasteiger partial charge in [-0.15, -0.1) is 0 Å². The molecule has 1 amide bonds. The number of nitrogen functional groups attached to an aromatic ring is 1. The fourth-order valence-electron chi connectivity index (χ4n) is 3.18. The van der Waals surface area contributed by atoms with Gasteiger partial charge in [-0.1, -0.05) is 18.2 Å². The summed E-state index contributed by atoms with van der Waals surface area (Å²) in [4.78, 5) is 12.7. The fraction of sp³-hybridized carbons (Fsp3) is 0.0909. The van der Waals surface area contributed by atoms with Gasteiger partial charge in [0.2, 0.25) is 0 Å². The fourth-order valence-corrected chi connectivity index (χ4v) is 3.18. The number of hydrogen-bond acceptors (Lipinski definition) is 4. The maximum absolute atomic E-state index is 14.4. The summed E-state index contributed by atoms with van der Waals surface area (Å²) in [5.41, 5.74) is 9.05. The number of allylic oxidation sites excluding steroid dienone is 3. The number of carbonyl (C=O) groups is 1. The Kier molecular flexibility index (Phi) is 4.72. The maximum atomic E-state index is 14.4. The Balaban J connectivity index is 1.78. The number of nitrogens with zero attached hydrogens (tertiary/aromatic N) is 2. The van der Waals surface area contributed by atoms with Crippen molar-refractivity contribution in [2.24, 2.45) is 5.10 Å². The van der Waals surface area contributed by atoms with E-state index in [1.165, 1.54) is 23.2 Å². The molecule has 7 heteroatoms. The molecule has 0 fully saturated rings. The monoisotopic (exact) mass is 392 g/mol. The maximum Gasteiger partial charge on any atom is 0.271 e. The van der Waals surface area contributed by atoms with E-state index >= 15 is 0 Å². The molecule has 2 aromatic carbocycles. The standard InChI is InChI=1S/C22H18F2N4O/c1-13-2-3-15(18-9-6-16(23)11-19(18)24)10-21-26-20(12-22(29)28(21)27-13)14-4-7-17(25)8-5-14/h2-12,21,26H,25H2,1H3/b3-2-,15-10-,27-13-. The van der Waals surface area contributed by atoms with E-state index in [0.717, 1.165) is 11.6 Å². The third kappa shape index (κ3) is 3.80. The molecule has 0 saturated carbocycles. The number of fused-ring (bicyclic) bond motifs is 1. The van der Waals surface area contributed by atoms with Crippen LogP contribution in [-0.4, -0.2) is 22.8 Å². The first-order valence-electron chi connectivity index (χ1n) is 8.98. The van der Waals surface area contributed by atoms with E-state index in [9.17, 15) is 13.6 Å².